The van der Waals surface area contributed by atoms with Gasteiger partial charge in [-0.15, -0.1) is 0 Å². The lowest BCUT2D eigenvalue weighted by Gasteiger charge is -2.17. The van der Waals surface area contributed by atoms with Gasteiger partial charge in [0.05, 0.1) is 6.54 Å². The van der Waals surface area contributed by atoms with Crippen molar-refractivity contribution in [2.24, 2.45) is 0 Å². The fourth-order valence-electron chi connectivity index (χ4n) is 3.68. The number of carbonyl (C=O) groups excluding carboxylic acids is 2. The second-order valence-corrected chi connectivity index (χ2v) is 8.12. The third kappa shape index (κ3) is 4.95. The van der Waals surface area contributed by atoms with Crippen molar-refractivity contribution < 1.29 is 14.3 Å². The van der Waals surface area contributed by atoms with Crippen LogP contribution in [0.2, 0.25) is 0 Å². The zero-order chi connectivity index (χ0) is 22.7. The zero-order valence-corrected chi connectivity index (χ0v) is 18.7. The lowest BCUT2D eigenvalue weighted by molar-refractivity contribution is -0.121. The molecule has 32 heavy (non-hydrogen) atoms. The van der Waals surface area contributed by atoms with Gasteiger partial charge < -0.3 is 15.0 Å². The van der Waals surface area contributed by atoms with Crippen LogP contribution in [0, 0.1) is 13.8 Å². The highest BCUT2D eigenvalue weighted by Gasteiger charge is 2.27. The Kier molecular flexibility index (Phi) is 6.18. The van der Waals surface area contributed by atoms with E-state index in [2.05, 4.69) is 10.6 Å². The van der Waals surface area contributed by atoms with Gasteiger partial charge in [0.25, 0.3) is 11.8 Å². The first kappa shape index (κ1) is 21.5. The first-order valence-corrected chi connectivity index (χ1v) is 10.6. The van der Waals surface area contributed by atoms with Gasteiger partial charge in [-0.2, -0.15) is 0 Å². The summed E-state index contributed by atoms with van der Waals surface area (Å²) in [6, 6.07) is 20.7. The summed E-state index contributed by atoms with van der Waals surface area (Å²) in [5, 5.41) is 5.76. The molecule has 0 radical (unpaired) electrons. The molecule has 162 valence electrons. The Hall–Kier alpha value is -3.71. The Balaban J connectivity index is 1.29. The van der Waals surface area contributed by atoms with E-state index in [1.807, 2.05) is 80.6 Å². The van der Waals surface area contributed by atoms with Crippen LogP contribution in [0.5, 0.6) is 5.75 Å². The van der Waals surface area contributed by atoms with E-state index in [9.17, 15) is 9.59 Å². The number of nitrogens with zero attached hydrogens (tertiary/aromatic N) is 1. The van der Waals surface area contributed by atoms with Crippen LogP contribution >= 0.6 is 12.2 Å². The number of carbonyl (C=O) groups is 2. The molecule has 1 aliphatic rings. The number of hydrogen-bond donors (Lipinski definition) is 2. The molecule has 2 amide bonds. The largest absolute Gasteiger partial charge is 0.484 e. The highest BCUT2D eigenvalue weighted by molar-refractivity contribution is 7.80. The Morgan fingerprint density at radius 1 is 1.03 bits per heavy atom. The summed E-state index contributed by atoms with van der Waals surface area (Å²) >= 11 is 5.23. The number of fused-ring (bicyclic) bond motifs is 1. The maximum absolute atomic E-state index is 12.6. The van der Waals surface area contributed by atoms with E-state index in [0.717, 1.165) is 27.9 Å². The molecular formula is C25H23N3O3S. The van der Waals surface area contributed by atoms with Crippen molar-refractivity contribution in [3.8, 4) is 5.75 Å². The van der Waals surface area contributed by atoms with Crippen LogP contribution < -0.4 is 20.3 Å². The number of ether oxygens (including phenoxy) is 1. The van der Waals surface area contributed by atoms with E-state index >= 15 is 0 Å². The van der Waals surface area contributed by atoms with Crippen molar-refractivity contribution in [1.29, 1.82) is 0 Å². The van der Waals surface area contributed by atoms with Gasteiger partial charge in [-0.3, -0.25) is 14.9 Å². The lowest BCUT2D eigenvalue weighted by Crippen LogP contribution is -2.37. The van der Waals surface area contributed by atoms with Gasteiger partial charge in [0.15, 0.2) is 11.7 Å². The lowest BCUT2D eigenvalue weighted by atomic mass is 10.1. The molecule has 0 atom stereocenters. The number of aryl methyl sites for hydroxylation is 2. The average molecular weight is 446 g/mol. The fraction of sp³-hybridized carbons (Fsp3) is 0.160. The van der Waals surface area contributed by atoms with Crippen LogP contribution in [0.15, 0.2) is 66.7 Å². The second kappa shape index (κ2) is 9.20. The maximum atomic E-state index is 12.6. The molecule has 0 fully saturated rings. The molecule has 0 spiro atoms. The number of anilines is 2. The van der Waals surface area contributed by atoms with Gasteiger partial charge in [0.1, 0.15) is 5.75 Å². The maximum Gasteiger partial charge on any atom is 0.264 e. The van der Waals surface area contributed by atoms with Crippen molar-refractivity contribution in [3.63, 3.8) is 0 Å². The first-order valence-electron chi connectivity index (χ1n) is 10.2. The number of amides is 2. The molecule has 7 heteroatoms. The van der Waals surface area contributed by atoms with Crippen molar-refractivity contribution in [2.45, 2.75) is 20.4 Å². The molecule has 3 aromatic rings. The smallest absolute Gasteiger partial charge is 0.264 e. The predicted molar refractivity (Wildman–Crippen MR) is 129 cm³/mol. The molecule has 2 N–H and O–H groups in total. The van der Waals surface area contributed by atoms with Crippen molar-refractivity contribution in [2.75, 3.05) is 16.8 Å². The van der Waals surface area contributed by atoms with Crippen LogP contribution in [0.25, 0.3) is 0 Å². The van der Waals surface area contributed by atoms with Crippen LogP contribution in [-0.4, -0.2) is 23.5 Å². The Labute approximate surface area is 192 Å². The molecule has 4 rings (SSSR count). The minimum absolute atomic E-state index is 0.00658. The van der Waals surface area contributed by atoms with E-state index in [4.69, 9.17) is 17.0 Å². The molecule has 0 aliphatic carbocycles. The first-order chi connectivity index (χ1) is 15.4. The normalized spacial score (nSPS) is 12.3. The fourth-order valence-corrected chi connectivity index (χ4v) is 3.91. The second-order valence-electron chi connectivity index (χ2n) is 7.71. The molecule has 3 aromatic carbocycles. The summed E-state index contributed by atoms with van der Waals surface area (Å²) in [6.45, 7) is 4.36. The highest BCUT2D eigenvalue weighted by atomic mass is 32.1. The summed E-state index contributed by atoms with van der Waals surface area (Å²) in [4.78, 5) is 26.5. The van der Waals surface area contributed by atoms with Crippen LogP contribution in [0.3, 0.4) is 0 Å². The zero-order valence-electron chi connectivity index (χ0n) is 17.8. The quantitative estimate of drug-likeness (QED) is 0.571. The Bertz CT molecular complexity index is 1170. The van der Waals surface area contributed by atoms with Gasteiger partial charge in [0.2, 0.25) is 0 Å². The van der Waals surface area contributed by atoms with Crippen molar-refractivity contribution in [3.05, 3.63) is 89.0 Å². The van der Waals surface area contributed by atoms with Crippen LogP contribution in [-0.2, 0) is 11.3 Å². The van der Waals surface area contributed by atoms with Gasteiger partial charge in [-0.25, -0.2) is 0 Å². The monoisotopic (exact) mass is 445 g/mol. The molecule has 6 nitrogen and oxygen atoms in total. The summed E-state index contributed by atoms with van der Waals surface area (Å²) in [5.74, 6) is 0.289. The molecule has 0 bridgehead atoms. The number of rotatable bonds is 5. The number of benzene rings is 3. The summed E-state index contributed by atoms with van der Waals surface area (Å²) in [6.07, 6.45) is 0. The van der Waals surface area contributed by atoms with E-state index in [-0.39, 0.29) is 23.5 Å². The van der Waals surface area contributed by atoms with E-state index < -0.39 is 0 Å². The topological polar surface area (TPSA) is 70.7 Å². The SMILES string of the molecule is Cc1cc(C)cc(OCC(=O)NC(=S)Nc2ccc(N3Cc4ccccc4C3=O)cc2)c1. The summed E-state index contributed by atoms with van der Waals surface area (Å²) in [5.41, 5.74) is 5.40. The van der Waals surface area contributed by atoms with Gasteiger partial charge in [-0.05, 0) is 85.2 Å². The van der Waals surface area contributed by atoms with Gasteiger partial charge in [0, 0.05) is 16.9 Å². The number of thiocarbonyl (C=S) groups is 1. The summed E-state index contributed by atoms with van der Waals surface area (Å²) < 4.78 is 5.55. The molecule has 0 unspecified atom stereocenters. The molecular weight excluding hydrogens is 422 g/mol. The number of hydrogen-bond acceptors (Lipinski definition) is 4. The van der Waals surface area contributed by atoms with E-state index in [1.54, 1.807) is 4.90 Å². The van der Waals surface area contributed by atoms with Crippen LogP contribution in [0.1, 0.15) is 27.0 Å². The molecule has 1 aliphatic heterocycles. The van der Waals surface area contributed by atoms with Crippen molar-refractivity contribution in [1.82, 2.24) is 5.32 Å². The predicted octanol–water partition coefficient (Wildman–Crippen LogP) is 4.36. The van der Waals surface area contributed by atoms with Gasteiger partial charge in [-0.1, -0.05) is 24.3 Å². The van der Waals surface area contributed by atoms with Crippen LogP contribution in [0.4, 0.5) is 11.4 Å². The van der Waals surface area contributed by atoms with Crippen molar-refractivity contribution >= 4 is 40.5 Å². The molecule has 0 aromatic heterocycles. The molecule has 1 heterocycles. The minimum atomic E-state index is -0.348. The van der Waals surface area contributed by atoms with Gasteiger partial charge >= 0.3 is 0 Å². The third-order valence-electron chi connectivity index (χ3n) is 5.08. The Morgan fingerprint density at radius 3 is 2.41 bits per heavy atom. The average Bonchev–Trinajstić information content (AvgIpc) is 3.09. The Morgan fingerprint density at radius 2 is 1.72 bits per heavy atom. The standard InChI is InChI=1S/C25H23N3O3S/c1-16-11-17(2)13-21(12-16)31-15-23(29)27-25(32)26-19-7-9-20(10-8-19)28-14-18-5-3-4-6-22(18)24(28)30/h3-13H,14-15H2,1-2H3,(H2,26,27,29,32). The minimum Gasteiger partial charge on any atom is -0.484 e. The molecule has 0 saturated heterocycles. The summed E-state index contributed by atoms with van der Waals surface area (Å²) in [7, 11) is 0. The van der Waals surface area contributed by atoms with E-state index in [1.165, 1.54) is 0 Å². The highest BCUT2D eigenvalue weighted by Crippen LogP contribution is 2.28. The third-order valence-corrected chi connectivity index (χ3v) is 5.28. The number of nitrogens with one attached hydrogen (secondary N) is 2. The van der Waals surface area contributed by atoms with E-state index in [0.29, 0.717) is 18.0 Å². The molecule has 0 saturated carbocycles.